The van der Waals surface area contributed by atoms with E-state index in [0.717, 1.165) is 56.9 Å². The van der Waals surface area contributed by atoms with Gasteiger partial charge in [0, 0.05) is 50.7 Å². The summed E-state index contributed by atoms with van der Waals surface area (Å²) < 4.78 is 13.8. The lowest BCUT2D eigenvalue weighted by Crippen LogP contribution is -2.48. The molecule has 5 rings (SSSR count). The van der Waals surface area contributed by atoms with Gasteiger partial charge in [-0.25, -0.2) is 4.98 Å². The average molecular weight is 463 g/mol. The molecular weight excluding hydrogens is 428 g/mol. The zero-order valence-electron chi connectivity index (χ0n) is 20.1. The molecule has 7 nitrogen and oxygen atoms in total. The van der Waals surface area contributed by atoms with Crippen molar-refractivity contribution in [1.29, 1.82) is 0 Å². The number of fused-ring (bicyclic) bond motifs is 1. The van der Waals surface area contributed by atoms with Crippen molar-refractivity contribution < 1.29 is 14.3 Å². The van der Waals surface area contributed by atoms with Crippen molar-refractivity contribution in [2.45, 2.75) is 45.5 Å². The van der Waals surface area contributed by atoms with Gasteiger partial charge in [0.25, 0.3) is 5.91 Å². The van der Waals surface area contributed by atoms with Gasteiger partial charge in [-0.1, -0.05) is 12.1 Å². The number of likely N-dealkylation sites (tertiary alicyclic amines) is 1. The number of aromatic nitrogens is 2. The van der Waals surface area contributed by atoms with Crippen LogP contribution in [0, 0.1) is 5.92 Å². The SMILES string of the molecule is CC1CN(CC2CCN(C(=O)c3cccc(OCc4cn5ccccc5n4)c3)CC2)CC(C)O1. The maximum Gasteiger partial charge on any atom is 0.253 e. The van der Waals surface area contributed by atoms with Gasteiger partial charge in [-0.05, 0) is 62.9 Å². The van der Waals surface area contributed by atoms with Crippen LogP contribution < -0.4 is 4.74 Å². The Morgan fingerprint density at radius 3 is 2.65 bits per heavy atom. The minimum Gasteiger partial charge on any atom is -0.487 e. The number of amides is 1. The largest absolute Gasteiger partial charge is 0.487 e. The number of ether oxygens (including phenoxy) is 2. The van der Waals surface area contributed by atoms with Crippen LogP contribution in [0.5, 0.6) is 5.75 Å². The van der Waals surface area contributed by atoms with Crippen molar-refractivity contribution in [2.24, 2.45) is 5.92 Å². The molecule has 34 heavy (non-hydrogen) atoms. The highest BCUT2D eigenvalue weighted by Crippen LogP contribution is 2.23. The summed E-state index contributed by atoms with van der Waals surface area (Å²) in [6.45, 7) is 9.40. The molecule has 2 aromatic heterocycles. The first-order valence-corrected chi connectivity index (χ1v) is 12.4. The number of pyridine rings is 1. The van der Waals surface area contributed by atoms with Crippen LogP contribution in [0.15, 0.2) is 54.9 Å². The lowest BCUT2D eigenvalue weighted by Gasteiger charge is -2.39. The second-order valence-electron chi connectivity index (χ2n) is 9.73. The summed E-state index contributed by atoms with van der Waals surface area (Å²) in [5.41, 5.74) is 2.43. The summed E-state index contributed by atoms with van der Waals surface area (Å²) in [6.07, 6.45) is 6.63. The molecule has 3 aromatic rings. The van der Waals surface area contributed by atoms with Crippen molar-refractivity contribution in [3.63, 3.8) is 0 Å². The fourth-order valence-electron chi connectivity index (χ4n) is 5.23. The zero-order chi connectivity index (χ0) is 23.5. The first-order chi connectivity index (χ1) is 16.5. The molecule has 1 amide bonds. The summed E-state index contributed by atoms with van der Waals surface area (Å²) in [5.74, 6) is 1.42. The van der Waals surface area contributed by atoms with Crippen LogP contribution in [0.2, 0.25) is 0 Å². The van der Waals surface area contributed by atoms with E-state index in [1.807, 2.05) is 64.2 Å². The van der Waals surface area contributed by atoms with E-state index < -0.39 is 0 Å². The average Bonchev–Trinajstić information content (AvgIpc) is 3.25. The van der Waals surface area contributed by atoms with Gasteiger partial charge in [0.1, 0.15) is 18.0 Å². The van der Waals surface area contributed by atoms with E-state index in [9.17, 15) is 4.79 Å². The number of hydrogen-bond acceptors (Lipinski definition) is 5. The normalized spacial score (nSPS) is 22.2. The minimum atomic E-state index is 0.0882. The van der Waals surface area contributed by atoms with E-state index in [-0.39, 0.29) is 5.91 Å². The Labute approximate surface area is 201 Å². The summed E-state index contributed by atoms with van der Waals surface area (Å²) in [4.78, 5) is 22.2. The van der Waals surface area contributed by atoms with Gasteiger partial charge in [-0.3, -0.25) is 9.69 Å². The van der Waals surface area contributed by atoms with Crippen molar-refractivity contribution >= 4 is 11.6 Å². The second kappa shape index (κ2) is 10.2. The molecule has 2 aliphatic heterocycles. The molecule has 0 radical (unpaired) electrons. The Kier molecular flexibility index (Phi) is 6.83. The van der Waals surface area contributed by atoms with Crippen molar-refractivity contribution in [3.05, 3.63) is 66.1 Å². The topological polar surface area (TPSA) is 59.3 Å². The van der Waals surface area contributed by atoms with E-state index in [0.29, 0.717) is 36.0 Å². The molecule has 0 N–H and O–H groups in total. The predicted octanol–water partition coefficient (Wildman–Crippen LogP) is 3.87. The molecule has 2 aliphatic rings. The third-order valence-electron chi connectivity index (χ3n) is 6.79. The Bertz CT molecular complexity index is 1080. The lowest BCUT2D eigenvalue weighted by molar-refractivity contribution is -0.0728. The van der Waals surface area contributed by atoms with Crippen LogP contribution in [0.25, 0.3) is 5.65 Å². The summed E-state index contributed by atoms with van der Waals surface area (Å²) in [5, 5.41) is 0. The van der Waals surface area contributed by atoms with Gasteiger partial charge in [-0.2, -0.15) is 0 Å². The summed E-state index contributed by atoms with van der Waals surface area (Å²) >= 11 is 0. The van der Waals surface area contributed by atoms with E-state index in [1.54, 1.807) is 0 Å². The Morgan fingerprint density at radius 1 is 1.09 bits per heavy atom. The predicted molar refractivity (Wildman–Crippen MR) is 131 cm³/mol. The third kappa shape index (κ3) is 5.42. The lowest BCUT2D eigenvalue weighted by atomic mass is 9.95. The van der Waals surface area contributed by atoms with Gasteiger partial charge >= 0.3 is 0 Å². The highest BCUT2D eigenvalue weighted by Gasteiger charge is 2.28. The fraction of sp³-hybridized carbons (Fsp3) is 0.481. The number of piperidine rings is 1. The highest BCUT2D eigenvalue weighted by molar-refractivity contribution is 5.94. The molecule has 0 spiro atoms. The van der Waals surface area contributed by atoms with Gasteiger partial charge in [0.05, 0.1) is 17.9 Å². The van der Waals surface area contributed by atoms with E-state index in [1.165, 1.54) is 0 Å². The summed E-state index contributed by atoms with van der Waals surface area (Å²) in [6, 6.07) is 13.4. The van der Waals surface area contributed by atoms with Crippen LogP contribution in [0.1, 0.15) is 42.7 Å². The van der Waals surface area contributed by atoms with Crippen LogP contribution in [0.4, 0.5) is 0 Å². The molecule has 2 unspecified atom stereocenters. The number of morpholine rings is 1. The zero-order valence-corrected chi connectivity index (χ0v) is 20.1. The molecule has 4 heterocycles. The summed E-state index contributed by atoms with van der Waals surface area (Å²) in [7, 11) is 0. The molecule has 0 saturated carbocycles. The third-order valence-corrected chi connectivity index (χ3v) is 6.79. The first-order valence-electron chi connectivity index (χ1n) is 12.4. The number of carbonyl (C=O) groups excluding carboxylic acids is 1. The molecule has 2 saturated heterocycles. The molecule has 2 fully saturated rings. The molecular formula is C27H34N4O3. The first kappa shape index (κ1) is 22.9. The van der Waals surface area contributed by atoms with Gasteiger partial charge in [0.2, 0.25) is 0 Å². The van der Waals surface area contributed by atoms with Crippen LogP contribution in [0.3, 0.4) is 0 Å². The molecule has 2 atom stereocenters. The van der Waals surface area contributed by atoms with E-state index in [2.05, 4.69) is 23.7 Å². The number of carbonyl (C=O) groups is 1. The minimum absolute atomic E-state index is 0.0882. The second-order valence-corrected chi connectivity index (χ2v) is 9.73. The monoisotopic (exact) mass is 462 g/mol. The number of benzene rings is 1. The van der Waals surface area contributed by atoms with Crippen molar-refractivity contribution in [1.82, 2.24) is 19.2 Å². The molecule has 7 heteroatoms. The number of nitrogens with zero attached hydrogens (tertiary/aromatic N) is 4. The van der Waals surface area contributed by atoms with Gasteiger partial charge < -0.3 is 18.8 Å². The quantitative estimate of drug-likeness (QED) is 0.557. The number of imidazole rings is 1. The molecule has 0 aliphatic carbocycles. The van der Waals surface area contributed by atoms with Crippen LogP contribution >= 0.6 is 0 Å². The van der Waals surface area contributed by atoms with Crippen LogP contribution in [-0.2, 0) is 11.3 Å². The van der Waals surface area contributed by atoms with E-state index >= 15 is 0 Å². The number of rotatable bonds is 6. The van der Waals surface area contributed by atoms with Gasteiger partial charge in [0.15, 0.2) is 0 Å². The van der Waals surface area contributed by atoms with Crippen molar-refractivity contribution in [2.75, 3.05) is 32.7 Å². The molecule has 0 bridgehead atoms. The van der Waals surface area contributed by atoms with E-state index in [4.69, 9.17) is 9.47 Å². The van der Waals surface area contributed by atoms with Gasteiger partial charge in [-0.15, -0.1) is 0 Å². The Balaban J connectivity index is 1.13. The number of hydrogen-bond donors (Lipinski definition) is 0. The molecule has 180 valence electrons. The Morgan fingerprint density at radius 2 is 1.88 bits per heavy atom. The maximum absolute atomic E-state index is 13.2. The fourth-order valence-corrected chi connectivity index (χ4v) is 5.23. The maximum atomic E-state index is 13.2. The highest BCUT2D eigenvalue weighted by atomic mass is 16.5. The molecule has 1 aromatic carbocycles. The standard InChI is InChI=1S/C27H34N4O3/c1-20-15-29(16-21(2)34-20)17-22-9-12-30(13-10-22)27(32)23-6-5-7-25(14-23)33-19-24-18-31-11-4-3-8-26(31)28-24/h3-8,11,14,18,20-22H,9-10,12-13,15-17,19H2,1-2H3. The Hall–Kier alpha value is -2.90. The van der Waals surface area contributed by atoms with Crippen molar-refractivity contribution in [3.8, 4) is 5.75 Å². The van der Waals surface area contributed by atoms with Crippen LogP contribution in [-0.4, -0.2) is 70.0 Å². The smallest absolute Gasteiger partial charge is 0.253 e.